The van der Waals surface area contributed by atoms with E-state index in [1.807, 2.05) is 6.92 Å². The van der Waals surface area contributed by atoms with Crippen LogP contribution < -0.4 is 5.32 Å². The van der Waals surface area contributed by atoms with Crippen LogP contribution in [0.5, 0.6) is 0 Å². The van der Waals surface area contributed by atoms with Gasteiger partial charge in [-0.1, -0.05) is 0 Å². The fourth-order valence-electron chi connectivity index (χ4n) is 2.28. The number of aliphatic hydroxyl groups is 1. The molecule has 1 aliphatic heterocycles. The lowest BCUT2D eigenvalue weighted by Crippen LogP contribution is -2.40. The fraction of sp³-hybridized carbons (Fsp3) is 0.538. The van der Waals surface area contributed by atoms with E-state index < -0.39 is 16.9 Å². The van der Waals surface area contributed by atoms with Crippen LogP contribution in [0.15, 0.2) is 12.3 Å². The molecule has 0 atom stereocenters. The van der Waals surface area contributed by atoms with Crippen LogP contribution in [0, 0.1) is 10.1 Å². The van der Waals surface area contributed by atoms with Crippen molar-refractivity contribution in [3.05, 3.63) is 27.9 Å². The van der Waals surface area contributed by atoms with E-state index in [1.54, 1.807) is 0 Å². The van der Waals surface area contributed by atoms with Gasteiger partial charge in [-0.05, 0) is 19.8 Å². The zero-order valence-electron chi connectivity index (χ0n) is 11.8. The molecule has 0 spiro atoms. The summed E-state index contributed by atoms with van der Waals surface area (Å²) in [6, 6.07) is 1.41. The summed E-state index contributed by atoms with van der Waals surface area (Å²) in [5.41, 5.74) is -0.268. The number of pyridine rings is 1. The number of aromatic nitrogens is 1. The van der Waals surface area contributed by atoms with Gasteiger partial charge < -0.3 is 15.3 Å². The third kappa shape index (κ3) is 3.46. The number of piperidine rings is 1. The molecule has 2 rings (SSSR count). The number of nitrogens with one attached hydrogen (secondary N) is 1. The van der Waals surface area contributed by atoms with Gasteiger partial charge in [0.2, 0.25) is 0 Å². The summed E-state index contributed by atoms with van der Waals surface area (Å²) in [4.78, 5) is 28.4. The van der Waals surface area contributed by atoms with Gasteiger partial charge in [-0.3, -0.25) is 14.9 Å². The minimum Gasteiger partial charge on any atom is -0.393 e. The van der Waals surface area contributed by atoms with Gasteiger partial charge in [0.1, 0.15) is 17.6 Å². The van der Waals surface area contributed by atoms with E-state index in [-0.39, 0.29) is 11.3 Å². The average molecular weight is 294 g/mol. The minimum absolute atomic E-state index is 0.0299. The van der Waals surface area contributed by atoms with Crippen molar-refractivity contribution in [3.8, 4) is 0 Å². The van der Waals surface area contributed by atoms with Crippen molar-refractivity contribution in [2.24, 2.45) is 0 Å². The maximum absolute atomic E-state index is 12.5. The summed E-state index contributed by atoms with van der Waals surface area (Å²) in [7, 11) is 0. The molecule has 21 heavy (non-hydrogen) atoms. The molecule has 8 nitrogen and oxygen atoms in total. The van der Waals surface area contributed by atoms with Crippen LogP contribution in [-0.2, 0) is 0 Å². The predicted molar refractivity (Wildman–Crippen MR) is 76.2 cm³/mol. The molecule has 8 heteroatoms. The number of rotatable bonds is 4. The molecule has 1 fully saturated rings. The van der Waals surface area contributed by atoms with Crippen LogP contribution >= 0.6 is 0 Å². The average Bonchev–Trinajstić information content (AvgIpc) is 2.47. The normalized spacial score (nSPS) is 15.8. The Bertz CT molecular complexity index is 541. The summed E-state index contributed by atoms with van der Waals surface area (Å²) in [5.74, 6) is 0.0404. The van der Waals surface area contributed by atoms with Crippen molar-refractivity contribution >= 4 is 17.4 Å². The zero-order valence-corrected chi connectivity index (χ0v) is 11.8. The molecule has 0 saturated carbocycles. The highest BCUT2D eigenvalue weighted by molar-refractivity contribution is 5.98. The topological polar surface area (TPSA) is 109 Å². The SMILES string of the molecule is CCNc1cc(C(=O)N2CCC(O)CC2)c([N+](=O)[O-])cn1. The molecule has 1 aliphatic rings. The largest absolute Gasteiger partial charge is 0.393 e. The molecule has 0 unspecified atom stereocenters. The number of nitro groups is 1. The molecule has 1 aromatic heterocycles. The van der Waals surface area contributed by atoms with E-state index >= 15 is 0 Å². The molecule has 0 bridgehead atoms. The van der Waals surface area contributed by atoms with Crippen LogP contribution in [0.25, 0.3) is 0 Å². The van der Waals surface area contributed by atoms with E-state index in [0.717, 1.165) is 6.20 Å². The van der Waals surface area contributed by atoms with Gasteiger partial charge in [0.15, 0.2) is 0 Å². The molecule has 1 aromatic rings. The number of aliphatic hydroxyl groups excluding tert-OH is 1. The monoisotopic (exact) mass is 294 g/mol. The fourth-order valence-corrected chi connectivity index (χ4v) is 2.28. The summed E-state index contributed by atoms with van der Waals surface area (Å²) < 4.78 is 0. The zero-order chi connectivity index (χ0) is 15.4. The van der Waals surface area contributed by atoms with Crippen molar-refractivity contribution in [1.82, 2.24) is 9.88 Å². The van der Waals surface area contributed by atoms with Crippen molar-refractivity contribution in [3.63, 3.8) is 0 Å². The number of anilines is 1. The molecular weight excluding hydrogens is 276 g/mol. The molecular formula is C13H18N4O4. The van der Waals surface area contributed by atoms with Crippen molar-refractivity contribution in [2.75, 3.05) is 25.0 Å². The van der Waals surface area contributed by atoms with Crippen LogP contribution in [0.4, 0.5) is 11.5 Å². The quantitative estimate of drug-likeness (QED) is 0.634. The Balaban J connectivity index is 2.28. The molecule has 1 saturated heterocycles. The molecule has 114 valence electrons. The van der Waals surface area contributed by atoms with Crippen molar-refractivity contribution in [2.45, 2.75) is 25.9 Å². The Kier molecular flexibility index (Phi) is 4.69. The van der Waals surface area contributed by atoms with Gasteiger partial charge in [-0.25, -0.2) is 4.98 Å². The van der Waals surface area contributed by atoms with E-state index in [9.17, 15) is 20.0 Å². The van der Waals surface area contributed by atoms with Gasteiger partial charge in [0.05, 0.1) is 11.0 Å². The standard InChI is InChI=1S/C13H18N4O4/c1-2-14-12-7-10(11(8-15-12)17(20)21)13(19)16-5-3-9(18)4-6-16/h7-9,18H,2-6H2,1H3,(H,14,15). The maximum Gasteiger partial charge on any atom is 0.300 e. The maximum atomic E-state index is 12.5. The number of nitrogens with zero attached hydrogens (tertiary/aromatic N) is 3. The molecule has 2 N–H and O–H groups in total. The highest BCUT2D eigenvalue weighted by atomic mass is 16.6. The summed E-state index contributed by atoms with van der Waals surface area (Å²) in [6.45, 7) is 3.27. The third-order valence-corrected chi connectivity index (χ3v) is 3.42. The van der Waals surface area contributed by atoms with E-state index in [4.69, 9.17) is 0 Å². The highest BCUT2D eigenvalue weighted by Crippen LogP contribution is 2.23. The number of likely N-dealkylation sites (tertiary alicyclic amines) is 1. The first-order valence-electron chi connectivity index (χ1n) is 6.88. The van der Waals surface area contributed by atoms with E-state index in [1.165, 1.54) is 11.0 Å². The Labute approximate surface area is 121 Å². The summed E-state index contributed by atoms with van der Waals surface area (Å²) >= 11 is 0. The lowest BCUT2D eigenvalue weighted by atomic mass is 10.1. The number of carbonyl (C=O) groups excluding carboxylic acids is 1. The number of hydrogen-bond donors (Lipinski definition) is 2. The second-order valence-corrected chi connectivity index (χ2v) is 4.90. The third-order valence-electron chi connectivity index (χ3n) is 3.42. The van der Waals surface area contributed by atoms with Gasteiger partial charge in [0, 0.05) is 25.7 Å². The lowest BCUT2D eigenvalue weighted by molar-refractivity contribution is -0.385. The number of hydrogen-bond acceptors (Lipinski definition) is 6. The predicted octanol–water partition coefficient (Wildman–Crippen LogP) is 1.02. The van der Waals surface area contributed by atoms with Gasteiger partial charge in [-0.15, -0.1) is 0 Å². The smallest absolute Gasteiger partial charge is 0.300 e. The van der Waals surface area contributed by atoms with Crippen LogP contribution in [0.1, 0.15) is 30.1 Å². The number of carbonyl (C=O) groups is 1. The molecule has 0 radical (unpaired) electrons. The Morgan fingerprint density at radius 2 is 2.24 bits per heavy atom. The molecule has 2 heterocycles. The highest BCUT2D eigenvalue weighted by Gasteiger charge is 2.28. The lowest BCUT2D eigenvalue weighted by Gasteiger charge is -2.29. The van der Waals surface area contributed by atoms with Crippen molar-refractivity contribution < 1.29 is 14.8 Å². The van der Waals surface area contributed by atoms with Crippen LogP contribution in [-0.4, -0.2) is 51.6 Å². The first-order valence-corrected chi connectivity index (χ1v) is 6.88. The second kappa shape index (κ2) is 6.49. The summed E-state index contributed by atoms with van der Waals surface area (Å²) in [6.07, 6.45) is 1.68. The second-order valence-electron chi connectivity index (χ2n) is 4.90. The van der Waals surface area contributed by atoms with Crippen LogP contribution in [0.2, 0.25) is 0 Å². The Morgan fingerprint density at radius 3 is 2.81 bits per heavy atom. The molecule has 1 amide bonds. The van der Waals surface area contributed by atoms with Crippen molar-refractivity contribution in [1.29, 1.82) is 0 Å². The first-order chi connectivity index (χ1) is 10.0. The van der Waals surface area contributed by atoms with Gasteiger partial charge in [-0.2, -0.15) is 0 Å². The number of amides is 1. The molecule has 0 aromatic carbocycles. The van der Waals surface area contributed by atoms with Gasteiger partial charge >= 0.3 is 0 Å². The van der Waals surface area contributed by atoms with Crippen LogP contribution in [0.3, 0.4) is 0 Å². The Morgan fingerprint density at radius 1 is 1.57 bits per heavy atom. The summed E-state index contributed by atoms with van der Waals surface area (Å²) in [5, 5.41) is 23.5. The van der Waals surface area contributed by atoms with E-state index in [2.05, 4.69) is 10.3 Å². The van der Waals surface area contributed by atoms with E-state index in [0.29, 0.717) is 38.3 Å². The first kappa shape index (κ1) is 15.2. The van der Waals surface area contributed by atoms with Gasteiger partial charge in [0.25, 0.3) is 11.6 Å². The minimum atomic E-state index is -0.602. The Hall–Kier alpha value is -2.22. The molecule has 0 aliphatic carbocycles.